The third-order valence-corrected chi connectivity index (χ3v) is 3.21. The quantitative estimate of drug-likeness (QED) is 0.698. The molecule has 0 bridgehead atoms. The van der Waals surface area contributed by atoms with E-state index in [4.69, 9.17) is 10.00 Å². The summed E-state index contributed by atoms with van der Waals surface area (Å²) in [6, 6.07) is 9.02. The van der Waals surface area contributed by atoms with Gasteiger partial charge in [-0.25, -0.2) is 0 Å². The normalized spacial score (nSPS) is 15.8. The molecule has 4 heteroatoms. The first-order chi connectivity index (χ1) is 9.28. The van der Waals surface area contributed by atoms with E-state index in [1.165, 1.54) is 19.3 Å². The van der Waals surface area contributed by atoms with Crippen molar-refractivity contribution < 1.29 is 9.84 Å². The maximum Gasteiger partial charge on any atom is 0.120 e. The van der Waals surface area contributed by atoms with E-state index in [0.717, 1.165) is 12.5 Å². The second-order valence-corrected chi connectivity index (χ2v) is 5.04. The van der Waals surface area contributed by atoms with Crippen molar-refractivity contribution in [3.63, 3.8) is 0 Å². The van der Waals surface area contributed by atoms with Crippen molar-refractivity contribution in [2.24, 2.45) is 5.92 Å². The lowest BCUT2D eigenvalue weighted by Gasteiger charge is -2.13. The summed E-state index contributed by atoms with van der Waals surface area (Å²) >= 11 is 0. The van der Waals surface area contributed by atoms with Crippen molar-refractivity contribution in [1.82, 2.24) is 5.32 Å². The molecule has 0 amide bonds. The van der Waals surface area contributed by atoms with Gasteiger partial charge in [-0.3, -0.25) is 0 Å². The zero-order chi connectivity index (χ0) is 13.5. The Balaban J connectivity index is 1.61. The summed E-state index contributed by atoms with van der Waals surface area (Å²) in [6.45, 7) is 1.75. The van der Waals surface area contributed by atoms with Crippen LogP contribution in [0.1, 0.15) is 24.8 Å². The highest BCUT2D eigenvalue weighted by atomic mass is 16.5. The number of ether oxygens (including phenoxy) is 1. The summed E-state index contributed by atoms with van der Waals surface area (Å²) in [7, 11) is 0. The number of rotatable bonds is 8. The maximum atomic E-state index is 9.77. The van der Waals surface area contributed by atoms with Crippen LogP contribution in [-0.4, -0.2) is 30.9 Å². The summed E-state index contributed by atoms with van der Waals surface area (Å²) < 4.78 is 5.46. The minimum Gasteiger partial charge on any atom is -0.491 e. The van der Waals surface area contributed by atoms with E-state index in [2.05, 4.69) is 11.4 Å². The summed E-state index contributed by atoms with van der Waals surface area (Å²) in [6.07, 6.45) is 3.41. The molecule has 2 N–H and O–H groups in total. The van der Waals surface area contributed by atoms with Crippen molar-refractivity contribution in [3.8, 4) is 11.8 Å². The van der Waals surface area contributed by atoms with Crippen LogP contribution in [0.2, 0.25) is 0 Å². The van der Waals surface area contributed by atoms with Gasteiger partial charge in [0.2, 0.25) is 0 Å². The second kappa shape index (κ2) is 7.13. The van der Waals surface area contributed by atoms with Crippen molar-refractivity contribution in [3.05, 3.63) is 29.8 Å². The Morgan fingerprint density at radius 1 is 1.47 bits per heavy atom. The van der Waals surface area contributed by atoms with Crippen molar-refractivity contribution in [1.29, 1.82) is 5.26 Å². The molecule has 0 heterocycles. The lowest BCUT2D eigenvalue weighted by molar-refractivity contribution is 0.106. The Morgan fingerprint density at radius 2 is 2.32 bits per heavy atom. The van der Waals surface area contributed by atoms with Crippen LogP contribution in [0.4, 0.5) is 0 Å². The average molecular weight is 260 g/mol. The van der Waals surface area contributed by atoms with E-state index in [9.17, 15) is 5.11 Å². The molecule has 0 saturated heterocycles. The van der Waals surface area contributed by atoms with Gasteiger partial charge >= 0.3 is 0 Å². The Kier molecular flexibility index (Phi) is 5.20. The molecule has 19 heavy (non-hydrogen) atoms. The van der Waals surface area contributed by atoms with Gasteiger partial charge in [-0.2, -0.15) is 5.26 Å². The molecule has 0 aromatic heterocycles. The van der Waals surface area contributed by atoms with Crippen LogP contribution in [0.25, 0.3) is 0 Å². The third kappa shape index (κ3) is 5.29. The Labute approximate surface area is 114 Å². The van der Waals surface area contributed by atoms with Crippen LogP contribution in [0.15, 0.2) is 24.3 Å². The van der Waals surface area contributed by atoms with Gasteiger partial charge < -0.3 is 15.2 Å². The maximum absolute atomic E-state index is 9.77. The number of nitrogens with one attached hydrogen (secondary N) is 1. The first-order valence-electron chi connectivity index (χ1n) is 6.79. The van der Waals surface area contributed by atoms with E-state index in [0.29, 0.717) is 17.9 Å². The van der Waals surface area contributed by atoms with Crippen molar-refractivity contribution >= 4 is 0 Å². The van der Waals surface area contributed by atoms with Crippen LogP contribution in [0.5, 0.6) is 5.75 Å². The fourth-order valence-corrected chi connectivity index (χ4v) is 1.89. The smallest absolute Gasteiger partial charge is 0.120 e. The van der Waals surface area contributed by atoms with Crippen LogP contribution in [-0.2, 0) is 0 Å². The van der Waals surface area contributed by atoms with Crippen LogP contribution in [0.3, 0.4) is 0 Å². The van der Waals surface area contributed by atoms with Crippen LogP contribution >= 0.6 is 0 Å². The predicted octanol–water partition coefficient (Wildman–Crippen LogP) is 1.69. The standard InChI is InChI=1S/C15H20N2O2/c16-9-13-2-1-3-15(8-13)19-11-14(18)10-17-7-6-12-4-5-12/h1-3,8,12,14,17-18H,4-7,10-11H2. The fraction of sp³-hybridized carbons (Fsp3) is 0.533. The molecule has 0 radical (unpaired) electrons. The molecule has 1 aliphatic rings. The molecule has 1 saturated carbocycles. The van der Waals surface area contributed by atoms with Crippen molar-refractivity contribution in [2.75, 3.05) is 19.7 Å². The first kappa shape index (κ1) is 13.9. The Morgan fingerprint density at radius 3 is 3.05 bits per heavy atom. The molecular weight excluding hydrogens is 240 g/mol. The van der Waals surface area contributed by atoms with Crippen molar-refractivity contribution in [2.45, 2.75) is 25.4 Å². The lowest BCUT2D eigenvalue weighted by Crippen LogP contribution is -2.32. The van der Waals surface area contributed by atoms with Gasteiger partial charge in [-0.15, -0.1) is 0 Å². The number of aliphatic hydroxyl groups excluding tert-OH is 1. The number of hydrogen-bond acceptors (Lipinski definition) is 4. The van der Waals surface area contributed by atoms with Gasteiger partial charge in [-0.1, -0.05) is 18.9 Å². The molecule has 1 fully saturated rings. The molecule has 0 aliphatic heterocycles. The number of benzene rings is 1. The highest BCUT2D eigenvalue weighted by molar-refractivity contribution is 5.36. The van der Waals surface area contributed by atoms with E-state index >= 15 is 0 Å². The SMILES string of the molecule is N#Cc1cccc(OCC(O)CNCCC2CC2)c1. The minimum absolute atomic E-state index is 0.241. The minimum atomic E-state index is -0.523. The summed E-state index contributed by atoms with van der Waals surface area (Å²) in [5.74, 6) is 1.53. The average Bonchev–Trinajstić information content (AvgIpc) is 3.26. The monoisotopic (exact) mass is 260 g/mol. The molecule has 1 aliphatic carbocycles. The summed E-state index contributed by atoms with van der Waals surface area (Å²) in [5, 5.41) is 21.8. The highest BCUT2D eigenvalue weighted by Gasteiger charge is 2.20. The molecule has 2 rings (SSSR count). The molecular formula is C15H20N2O2. The van der Waals surface area contributed by atoms with Crippen LogP contribution in [0, 0.1) is 17.2 Å². The zero-order valence-corrected chi connectivity index (χ0v) is 11.0. The second-order valence-electron chi connectivity index (χ2n) is 5.04. The summed E-state index contributed by atoms with van der Waals surface area (Å²) in [4.78, 5) is 0. The lowest BCUT2D eigenvalue weighted by atomic mass is 10.2. The first-order valence-corrected chi connectivity index (χ1v) is 6.79. The zero-order valence-electron chi connectivity index (χ0n) is 11.0. The molecule has 102 valence electrons. The molecule has 4 nitrogen and oxygen atoms in total. The van der Waals surface area contributed by atoms with Gasteiger partial charge in [0.05, 0.1) is 11.6 Å². The topological polar surface area (TPSA) is 65.3 Å². The van der Waals surface area contributed by atoms with E-state index in [1.54, 1.807) is 24.3 Å². The van der Waals surface area contributed by atoms with E-state index in [-0.39, 0.29) is 6.61 Å². The summed E-state index contributed by atoms with van der Waals surface area (Å²) in [5.41, 5.74) is 0.564. The van der Waals surface area contributed by atoms with Gasteiger partial charge in [0.25, 0.3) is 0 Å². The van der Waals surface area contributed by atoms with Crippen LogP contribution < -0.4 is 10.1 Å². The molecule has 1 unspecified atom stereocenters. The van der Waals surface area contributed by atoms with E-state index < -0.39 is 6.10 Å². The van der Waals surface area contributed by atoms with Gasteiger partial charge in [0, 0.05) is 6.54 Å². The largest absolute Gasteiger partial charge is 0.491 e. The third-order valence-electron chi connectivity index (χ3n) is 3.21. The predicted molar refractivity (Wildman–Crippen MR) is 72.9 cm³/mol. The molecule has 1 atom stereocenters. The fourth-order valence-electron chi connectivity index (χ4n) is 1.89. The Bertz CT molecular complexity index is 438. The number of nitrogens with zero attached hydrogens (tertiary/aromatic N) is 1. The number of aliphatic hydroxyl groups is 1. The molecule has 1 aromatic rings. The van der Waals surface area contributed by atoms with Gasteiger partial charge in [-0.05, 0) is 37.1 Å². The number of hydrogen-bond donors (Lipinski definition) is 2. The highest BCUT2D eigenvalue weighted by Crippen LogP contribution is 2.31. The molecule has 0 spiro atoms. The number of nitriles is 1. The van der Waals surface area contributed by atoms with Gasteiger partial charge in [0.15, 0.2) is 0 Å². The van der Waals surface area contributed by atoms with Gasteiger partial charge in [0.1, 0.15) is 18.5 Å². The Hall–Kier alpha value is -1.57. The van der Waals surface area contributed by atoms with E-state index in [1.807, 2.05) is 0 Å². The molecule has 1 aromatic carbocycles.